The zero-order chi connectivity index (χ0) is 17.3. The summed E-state index contributed by atoms with van der Waals surface area (Å²) in [5, 5.41) is 14.4. The lowest BCUT2D eigenvalue weighted by atomic mass is 10.1. The first-order chi connectivity index (χ1) is 11.5. The van der Waals surface area contributed by atoms with Gasteiger partial charge < -0.3 is 15.3 Å². The summed E-state index contributed by atoms with van der Waals surface area (Å²) in [4.78, 5) is 36.6. The van der Waals surface area contributed by atoms with Gasteiger partial charge in [0.1, 0.15) is 5.82 Å². The Labute approximate surface area is 140 Å². The molecule has 0 saturated carbocycles. The first-order valence-corrected chi connectivity index (χ1v) is 8.12. The van der Waals surface area contributed by atoms with Crippen molar-refractivity contribution in [1.82, 2.24) is 0 Å². The molecule has 2 heterocycles. The Hall–Kier alpha value is -2.74. The minimum Gasteiger partial charge on any atom is -0.478 e. The van der Waals surface area contributed by atoms with Gasteiger partial charge in [0.05, 0.1) is 11.3 Å². The van der Waals surface area contributed by atoms with Gasteiger partial charge >= 0.3 is 5.97 Å². The molecule has 8 heteroatoms. The summed E-state index contributed by atoms with van der Waals surface area (Å²) in [7, 11) is 0. The van der Waals surface area contributed by atoms with Crippen molar-refractivity contribution in [2.24, 2.45) is 0 Å². The van der Waals surface area contributed by atoms with Crippen LogP contribution in [0.3, 0.4) is 0 Å². The topological polar surface area (TPSA) is 86.7 Å². The van der Waals surface area contributed by atoms with Crippen molar-refractivity contribution in [3.63, 3.8) is 0 Å². The minimum atomic E-state index is -1.16. The molecule has 1 aliphatic rings. The number of carbonyl (C=O) groups excluding carboxylic acids is 2. The van der Waals surface area contributed by atoms with Gasteiger partial charge in [-0.25, -0.2) is 9.18 Å². The van der Waals surface area contributed by atoms with Crippen molar-refractivity contribution in [2.45, 2.75) is 12.8 Å². The van der Waals surface area contributed by atoms with E-state index in [1.54, 1.807) is 0 Å². The van der Waals surface area contributed by atoms with Crippen molar-refractivity contribution in [3.05, 3.63) is 45.9 Å². The van der Waals surface area contributed by atoms with E-state index in [0.717, 1.165) is 17.4 Å². The second-order valence-electron chi connectivity index (χ2n) is 5.31. The van der Waals surface area contributed by atoms with Gasteiger partial charge in [-0.1, -0.05) is 0 Å². The fourth-order valence-electron chi connectivity index (χ4n) is 2.54. The lowest BCUT2D eigenvalue weighted by Crippen LogP contribution is -2.24. The van der Waals surface area contributed by atoms with Gasteiger partial charge in [-0.15, -0.1) is 11.3 Å². The maximum atomic E-state index is 13.8. The lowest BCUT2D eigenvalue weighted by molar-refractivity contribution is -0.117. The van der Waals surface area contributed by atoms with Crippen LogP contribution in [0.25, 0.3) is 0 Å². The summed E-state index contributed by atoms with van der Waals surface area (Å²) in [6, 6.07) is 3.67. The third kappa shape index (κ3) is 3.13. The van der Waals surface area contributed by atoms with Gasteiger partial charge in [0.2, 0.25) is 5.91 Å². The minimum absolute atomic E-state index is 0.0206. The molecule has 6 nitrogen and oxygen atoms in total. The number of thiophene rings is 1. The van der Waals surface area contributed by atoms with Gasteiger partial charge in [0.25, 0.3) is 5.91 Å². The number of carboxylic acids is 1. The van der Waals surface area contributed by atoms with E-state index in [4.69, 9.17) is 5.11 Å². The molecule has 0 spiro atoms. The molecule has 1 aliphatic heterocycles. The summed E-state index contributed by atoms with van der Waals surface area (Å²) in [5.41, 5.74) is 0.471. The van der Waals surface area contributed by atoms with Crippen LogP contribution in [-0.4, -0.2) is 29.4 Å². The van der Waals surface area contributed by atoms with Crippen LogP contribution in [-0.2, 0) is 4.79 Å². The standard InChI is InChI=1S/C16H13FN2O4S/c17-10-4-9(5-11(6-10)19-3-1-2-14(19)20)15(21)18-13-8-24-7-12(13)16(22)23/h4-8H,1-3H2,(H,18,21)(H,22,23). The molecule has 1 aromatic heterocycles. The Morgan fingerprint density at radius 1 is 1.25 bits per heavy atom. The molecule has 0 unspecified atom stereocenters. The predicted octanol–water partition coefficient (Wildman–Crippen LogP) is 2.96. The van der Waals surface area contributed by atoms with E-state index < -0.39 is 17.7 Å². The number of halogens is 1. The van der Waals surface area contributed by atoms with Crippen LogP contribution in [0, 0.1) is 5.82 Å². The number of rotatable bonds is 4. The highest BCUT2D eigenvalue weighted by Gasteiger charge is 2.23. The second-order valence-corrected chi connectivity index (χ2v) is 6.05. The monoisotopic (exact) mass is 348 g/mol. The molecule has 1 aromatic carbocycles. The summed E-state index contributed by atoms with van der Waals surface area (Å²) in [6.07, 6.45) is 1.09. The van der Waals surface area contributed by atoms with Crippen molar-refractivity contribution in [1.29, 1.82) is 0 Å². The maximum absolute atomic E-state index is 13.8. The third-order valence-electron chi connectivity index (χ3n) is 3.67. The molecule has 24 heavy (non-hydrogen) atoms. The van der Waals surface area contributed by atoms with Gasteiger partial charge in [-0.3, -0.25) is 9.59 Å². The summed E-state index contributed by atoms with van der Waals surface area (Å²) < 4.78 is 13.8. The Balaban J connectivity index is 1.87. The Morgan fingerprint density at radius 2 is 2.04 bits per heavy atom. The largest absolute Gasteiger partial charge is 0.478 e. The molecular formula is C16H13FN2O4S. The summed E-state index contributed by atoms with van der Waals surface area (Å²) in [6.45, 7) is 0.483. The number of hydrogen-bond donors (Lipinski definition) is 2. The SMILES string of the molecule is O=C(Nc1cscc1C(=O)O)c1cc(F)cc(N2CCCC2=O)c1. The Kier molecular flexibility index (Phi) is 4.30. The van der Waals surface area contributed by atoms with E-state index in [1.807, 2.05) is 0 Å². The number of hydrogen-bond acceptors (Lipinski definition) is 4. The van der Waals surface area contributed by atoms with Gasteiger partial charge in [-0.2, -0.15) is 0 Å². The molecule has 2 N–H and O–H groups in total. The molecule has 0 atom stereocenters. The van der Waals surface area contributed by atoms with E-state index >= 15 is 0 Å². The number of nitrogens with zero attached hydrogens (tertiary/aromatic N) is 1. The summed E-state index contributed by atoms with van der Waals surface area (Å²) >= 11 is 1.14. The average Bonchev–Trinajstić information content (AvgIpc) is 3.15. The molecule has 1 saturated heterocycles. The second kappa shape index (κ2) is 6.40. The molecule has 0 radical (unpaired) electrons. The van der Waals surface area contributed by atoms with Crippen molar-refractivity contribution < 1.29 is 23.9 Å². The summed E-state index contributed by atoms with van der Waals surface area (Å²) in [5.74, 6) is -2.54. The van der Waals surface area contributed by atoms with Crippen LogP contribution in [0.5, 0.6) is 0 Å². The third-order valence-corrected chi connectivity index (χ3v) is 4.41. The average molecular weight is 348 g/mol. The van der Waals surface area contributed by atoms with Crippen LogP contribution in [0.2, 0.25) is 0 Å². The fourth-order valence-corrected chi connectivity index (χ4v) is 3.29. The number of aromatic carboxylic acids is 1. The number of carboxylic acid groups (broad SMARTS) is 1. The van der Waals surface area contributed by atoms with E-state index in [-0.39, 0.29) is 22.7 Å². The quantitative estimate of drug-likeness (QED) is 0.889. The fraction of sp³-hybridized carbons (Fsp3) is 0.188. The van der Waals surface area contributed by atoms with Crippen molar-refractivity contribution in [3.8, 4) is 0 Å². The number of carbonyl (C=O) groups is 3. The van der Waals surface area contributed by atoms with Crippen LogP contribution in [0.15, 0.2) is 29.0 Å². The van der Waals surface area contributed by atoms with Crippen molar-refractivity contribution >= 4 is 40.5 Å². The van der Waals surface area contributed by atoms with Gasteiger partial charge in [0.15, 0.2) is 0 Å². The molecule has 2 amide bonds. The normalized spacial score (nSPS) is 14.0. The Morgan fingerprint density at radius 3 is 2.71 bits per heavy atom. The lowest BCUT2D eigenvalue weighted by Gasteiger charge is -2.16. The molecule has 1 fully saturated rings. The zero-order valence-electron chi connectivity index (χ0n) is 12.4. The number of nitrogens with one attached hydrogen (secondary N) is 1. The molecule has 2 aromatic rings. The van der Waals surface area contributed by atoms with Crippen LogP contribution in [0.4, 0.5) is 15.8 Å². The molecule has 0 aliphatic carbocycles. The van der Waals surface area contributed by atoms with Crippen LogP contribution >= 0.6 is 11.3 Å². The van der Waals surface area contributed by atoms with E-state index in [0.29, 0.717) is 25.1 Å². The van der Waals surface area contributed by atoms with E-state index in [1.165, 1.54) is 27.8 Å². The molecule has 0 bridgehead atoms. The molecule has 124 valence electrons. The van der Waals surface area contributed by atoms with E-state index in [9.17, 15) is 18.8 Å². The van der Waals surface area contributed by atoms with Gasteiger partial charge in [-0.05, 0) is 24.6 Å². The molecule has 3 rings (SSSR count). The highest BCUT2D eigenvalue weighted by Crippen LogP contribution is 2.25. The predicted molar refractivity (Wildman–Crippen MR) is 87.2 cm³/mol. The van der Waals surface area contributed by atoms with Gasteiger partial charge in [0, 0.05) is 35.0 Å². The van der Waals surface area contributed by atoms with Crippen molar-refractivity contribution in [2.75, 3.05) is 16.8 Å². The highest BCUT2D eigenvalue weighted by molar-refractivity contribution is 7.08. The molecular weight excluding hydrogens is 335 g/mol. The Bertz CT molecular complexity index is 833. The highest BCUT2D eigenvalue weighted by atomic mass is 32.1. The number of benzene rings is 1. The van der Waals surface area contributed by atoms with Crippen LogP contribution < -0.4 is 10.2 Å². The van der Waals surface area contributed by atoms with Crippen LogP contribution in [0.1, 0.15) is 33.6 Å². The first kappa shape index (κ1) is 16.1. The first-order valence-electron chi connectivity index (χ1n) is 7.17. The number of anilines is 2. The zero-order valence-corrected chi connectivity index (χ0v) is 13.2. The number of amides is 2. The van der Waals surface area contributed by atoms with E-state index in [2.05, 4.69) is 5.32 Å². The maximum Gasteiger partial charge on any atom is 0.338 e. The smallest absolute Gasteiger partial charge is 0.338 e.